The third-order valence-corrected chi connectivity index (χ3v) is 1.02. The molecule has 0 heterocycles. The minimum atomic E-state index is -3.58. The summed E-state index contributed by atoms with van der Waals surface area (Å²) in [5.41, 5.74) is 0. The molecule has 0 saturated heterocycles. The summed E-state index contributed by atoms with van der Waals surface area (Å²) in [6.07, 6.45) is 0. The van der Waals surface area contributed by atoms with Crippen LogP contribution >= 0.6 is 0 Å². The molecule has 0 aliphatic heterocycles. The van der Waals surface area contributed by atoms with E-state index in [1.54, 1.807) is 0 Å². The monoisotopic (exact) mass is 150 g/mol. The summed E-state index contributed by atoms with van der Waals surface area (Å²) >= 11 is 3.74. The molecular formula is CH3NaO3S2. The molecule has 1 unspecified atom stereocenters. The topological polar surface area (TPSA) is 49.4 Å². The predicted octanol–water partition coefficient (Wildman–Crippen LogP) is -3.57. The molecule has 38 valence electrons. The van der Waals surface area contributed by atoms with Crippen molar-refractivity contribution < 1.29 is 42.5 Å². The van der Waals surface area contributed by atoms with E-state index in [2.05, 4.69) is 15.4 Å². The second kappa shape index (κ2) is 4.20. The fourth-order valence-corrected chi connectivity index (χ4v) is 0. The van der Waals surface area contributed by atoms with Crippen molar-refractivity contribution in [1.29, 1.82) is 0 Å². The Hall–Kier alpha value is 1.29. The fourth-order valence-electron chi connectivity index (χ4n) is 0. The zero-order valence-corrected chi connectivity index (χ0v) is 7.67. The summed E-state index contributed by atoms with van der Waals surface area (Å²) in [7, 11) is -2.56. The van der Waals surface area contributed by atoms with E-state index >= 15 is 0 Å². The smallest absolute Gasteiger partial charge is 0.748 e. The van der Waals surface area contributed by atoms with Crippen LogP contribution in [-0.4, -0.2) is 15.9 Å². The molecule has 0 radical (unpaired) electrons. The van der Waals surface area contributed by atoms with Gasteiger partial charge in [0.05, 0.1) is 16.2 Å². The Bertz CT molecular complexity index is 115. The van der Waals surface area contributed by atoms with Gasteiger partial charge in [0.2, 0.25) is 0 Å². The molecule has 7 heavy (non-hydrogen) atoms. The molecular weight excluding hydrogens is 147 g/mol. The Morgan fingerprint density at radius 3 is 2.00 bits per heavy atom. The van der Waals surface area contributed by atoms with Crippen LogP contribution in [0, 0.1) is 0 Å². The molecule has 0 aromatic carbocycles. The van der Waals surface area contributed by atoms with Crippen LogP contribution in [0.5, 0.6) is 0 Å². The Labute approximate surface area is 69.4 Å². The molecule has 0 saturated carbocycles. The van der Waals surface area contributed by atoms with Gasteiger partial charge in [-0.05, 0) is 11.2 Å². The van der Waals surface area contributed by atoms with Gasteiger partial charge in [0.25, 0.3) is 0 Å². The van der Waals surface area contributed by atoms with Crippen LogP contribution in [0.15, 0.2) is 0 Å². The van der Waals surface area contributed by atoms with Crippen LogP contribution in [0.25, 0.3) is 0 Å². The summed E-state index contributed by atoms with van der Waals surface area (Å²) in [6, 6.07) is 0. The fraction of sp³-hybridized carbons (Fsp3) is 1.00. The van der Waals surface area contributed by atoms with Crippen LogP contribution in [0.4, 0.5) is 0 Å². The van der Waals surface area contributed by atoms with Gasteiger partial charge in [-0.25, -0.2) is 4.21 Å². The molecule has 0 aromatic rings. The van der Waals surface area contributed by atoms with E-state index in [9.17, 15) is 8.76 Å². The predicted molar refractivity (Wildman–Crippen MR) is 23.3 cm³/mol. The van der Waals surface area contributed by atoms with E-state index in [1.807, 2.05) is 0 Å². The van der Waals surface area contributed by atoms with Crippen molar-refractivity contribution in [2.45, 2.75) is 0 Å². The average Bonchev–Trinajstić information content (AvgIpc) is 1.35. The molecule has 3 nitrogen and oxygen atoms in total. The Morgan fingerprint density at radius 1 is 1.86 bits per heavy atom. The van der Waals surface area contributed by atoms with Crippen LogP contribution in [0.1, 0.15) is 0 Å². The molecule has 0 N–H and O–H groups in total. The first-order valence-corrected chi connectivity index (χ1v) is 3.41. The SMILES string of the molecule is COS(=O)([O-])=S.[Na+]. The van der Waals surface area contributed by atoms with Gasteiger partial charge in [0.1, 0.15) is 0 Å². The standard InChI is InChI=1S/CH4O3S2.Na/c1-4-6(2,3)5;/h1H3,(H,2,3,5);/q;+1/p-1. The summed E-state index contributed by atoms with van der Waals surface area (Å²) in [6.45, 7) is 0. The quantitative estimate of drug-likeness (QED) is 0.363. The van der Waals surface area contributed by atoms with E-state index in [0.29, 0.717) is 0 Å². The molecule has 0 fully saturated rings. The summed E-state index contributed by atoms with van der Waals surface area (Å²) in [4.78, 5) is 0. The summed E-state index contributed by atoms with van der Waals surface area (Å²) < 4.78 is 22.9. The molecule has 0 rings (SSSR count). The minimum Gasteiger partial charge on any atom is -0.748 e. The average molecular weight is 150 g/mol. The van der Waals surface area contributed by atoms with E-state index in [1.165, 1.54) is 0 Å². The summed E-state index contributed by atoms with van der Waals surface area (Å²) in [5, 5.41) is 0. The van der Waals surface area contributed by atoms with Crippen molar-refractivity contribution in [2.75, 3.05) is 7.11 Å². The summed E-state index contributed by atoms with van der Waals surface area (Å²) in [5.74, 6) is 0. The van der Waals surface area contributed by atoms with Crippen LogP contribution in [-0.2, 0) is 24.4 Å². The Morgan fingerprint density at radius 2 is 2.00 bits per heavy atom. The first-order valence-electron chi connectivity index (χ1n) is 1.07. The second-order valence-electron chi connectivity index (χ2n) is 0.575. The van der Waals surface area contributed by atoms with E-state index < -0.39 is 9.05 Å². The van der Waals surface area contributed by atoms with E-state index in [-0.39, 0.29) is 29.6 Å². The molecule has 0 bridgehead atoms. The molecule has 0 aliphatic rings. The van der Waals surface area contributed by atoms with Crippen molar-refractivity contribution in [3.05, 3.63) is 0 Å². The van der Waals surface area contributed by atoms with Gasteiger partial charge in [0, 0.05) is 0 Å². The normalized spacial score (nSPS) is 16.9. The maximum Gasteiger partial charge on any atom is 1.00 e. The van der Waals surface area contributed by atoms with Crippen molar-refractivity contribution in [3.63, 3.8) is 0 Å². The zero-order valence-electron chi connectivity index (χ0n) is 4.04. The van der Waals surface area contributed by atoms with Gasteiger partial charge >= 0.3 is 29.6 Å². The number of hydrogen-bond donors (Lipinski definition) is 0. The maximum atomic E-state index is 9.59. The number of rotatable bonds is 1. The van der Waals surface area contributed by atoms with Crippen molar-refractivity contribution in [2.24, 2.45) is 0 Å². The first kappa shape index (κ1) is 11.1. The molecule has 0 aromatic heterocycles. The first-order chi connectivity index (χ1) is 2.56. The minimum absolute atomic E-state index is 0. The second-order valence-corrected chi connectivity index (χ2v) is 2.95. The largest absolute Gasteiger partial charge is 1.00 e. The van der Waals surface area contributed by atoms with Crippen LogP contribution in [0.3, 0.4) is 0 Å². The molecule has 6 heteroatoms. The van der Waals surface area contributed by atoms with Crippen LogP contribution in [0.2, 0.25) is 0 Å². The Balaban J connectivity index is 0. The third-order valence-electron chi connectivity index (χ3n) is 0.204. The molecule has 0 amide bonds. The molecule has 0 spiro atoms. The van der Waals surface area contributed by atoms with Crippen molar-refractivity contribution >= 4 is 20.2 Å². The van der Waals surface area contributed by atoms with Gasteiger partial charge in [-0.3, -0.25) is 0 Å². The van der Waals surface area contributed by atoms with Crippen molar-refractivity contribution in [3.8, 4) is 0 Å². The zero-order chi connectivity index (χ0) is 5.21. The molecule has 0 aliphatic carbocycles. The van der Waals surface area contributed by atoms with Gasteiger partial charge in [0.15, 0.2) is 0 Å². The van der Waals surface area contributed by atoms with Crippen molar-refractivity contribution in [1.82, 2.24) is 0 Å². The molecule has 1 atom stereocenters. The third kappa shape index (κ3) is 11.1. The van der Waals surface area contributed by atoms with Crippen LogP contribution < -0.4 is 29.6 Å². The van der Waals surface area contributed by atoms with Gasteiger partial charge in [-0.2, -0.15) is 0 Å². The van der Waals surface area contributed by atoms with Gasteiger partial charge < -0.3 is 8.74 Å². The Kier molecular flexibility index (Phi) is 6.68. The van der Waals surface area contributed by atoms with Gasteiger partial charge in [-0.1, -0.05) is 0 Å². The van der Waals surface area contributed by atoms with E-state index in [0.717, 1.165) is 7.11 Å². The van der Waals surface area contributed by atoms with E-state index in [4.69, 9.17) is 0 Å². The maximum absolute atomic E-state index is 9.59. The van der Waals surface area contributed by atoms with Gasteiger partial charge in [-0.15, -0.1) is 0 Å². The number of hydrogen-bond acceptors (Lipinski definition) is 4.